The molecular weight excluding hydrogens is 250 g/mol. The van der Waals surface area contributed by atoms with Gasteiger partial charge in [0.05, 0.1) is 12.5 Å². The Morgan fingerprint density at radius 3 is 2.85 bits per heavy atom. The van der Waals surface area contributed by atoms with Crippen LogP contribution in [0.5, 0.6) is 0 Å². The average molecular weight is 273 g/mol. The predicted molar refractivity (Wildman–Crippen MR) is 80.0 cm³/mol. The van der Waals surface area contributed by atoms with Gasteiger partial charge in [-0.2, -0.15) is 0 Å². The summed E-state index contributed by atoms with van der Waals surface area (Å²) in [4.78, 5) is 14.2. The fourth-order valence-corrected chi connectivity index (χ4v) is 3.18. The molecule has 0 spiro atoms. The van der Waals surface area contributed by atoms with E-state index in [1.807, 2.05) is 6.92 Å². The number of rotatable bonds is 4. The summed E-state index contributed by atoms with van der Waals surface area (Å²) in [7, 11) is 0. The SMILES string of the molecule is CCOC(=O)C1CC1c1cccc(N2CCCCC2)c1. The second-order valence-corrected chi connectivity index (χ2v) is 5.84. The maximum Gasteiger partial charge on any atom is 0.309 e. The second kappa shape index (κ2) is 5.86. The Bertz CT molecular complexity index is 480. The van der Waals surface area contributed by atoms with Crippen molar-refractivity contribution in [2.45, 2.75) is 38.5 Å². The van der Waals surface area contributed by atoms with Crippen molar-refractivity contribution < 1.29 is 9.53 Å². The maximum absolute atomic E-state index is 11.7. The molecule has 3 nitrogen and oxygen atoms in total. The van der Waals surface area contributed by atoms with Gasteiger partial charge in [-0.1, -0.05) is 12.1 Å². The number of benzene rings is 1. The predicted octanol–water partition coefficient (Wildman–Crippen LogP) is 3.34. The van der Waals surface area contributed by atoms with Crippen LogP contribution >= 0.6 is 0 Å². The number of esters is 1. The molecule has 1 heterocycles. The van der Waals surface area contributed by atoms with Crippen molar-refractivity contribution in [3.63, 3.8) is 0 Å². The number of carbonyl (C=O) groups excluding carboxylic acids is 1. The Morgan fingerprint density at radius 2 is 2.10 bits per heavy atom. The molecule has 2 aliphatic rings. The van der Waals surface area contributed by atoms with Gasteiger partial charge in [0.1, 0.15) is 0 Å². The van der Waals surface area contributed by atoms with Crippen molar-refractivity contribution in [1.82, 2.24) is 0 Å². The minimum atomic E-state index is -0.0270. The lowest BCUT2D eigenvalue weighted by atomic mass is 10.1. The third kappa shape index (κ3) is 2.82. The zero-order valence-corrected chi connectivity index (χ0v) is 12.2. The third-order valence-electron chi connectivity index (χ3n) is 4.40. The molecule has 3 heteroatoms. The number of carbonyl (C=O) groups is 1. The lowest BCUT2D eigenvalue weighted by molar-refractivity contribution is -0.144. The van der Waals surface area contributed by atoms with Crippen LogP contribution in [0.4, 0.5) is 5.69 Å². The fraction of sp³-hybridized carbons (Fsp3) is 0.588. The van der Waals surface area contributed by atoms with E-state index < -0.39 is 0 Å². The molecule has 0 aromatic heterocycles. The summed E-state index contributed by atoms with van der Waals surface area (Å²) < 4.78 is 5.11. The van der Waals surface area contributed by atoms with E-state index in [1.54, 1.807) is 0 Å². The zero-order valence-electron chi connectivity index (χ0n) is 12.2. The molecule has 0 bridgehead atoms. The van der Waals surface area contributed by atoms with Crippen molar-refractivity contribution in [1.29, 1.82) is 0 Å². The van der Waals surface area contributed by atoms with E-state index in [0.29, 0.717) is 12.5 Å². The summed E-state index contributed by atoms with van der Waals surface area (Å²) >= 11 is 0. The molecule has 1 saturated heterocycles. The molecule has 3 rings (SSSR count). The van der Waals surface area contributed by atoms with Gasteiger partial charge in [-0.3, -0.25) is 4.79 Å². The summed E-state index contributed by atoms with van der Waals surface area (Å²) in [5, 5.41) is 0. The van der Waals surface area contributed by atoms with Crippen molar-refractivity contribution in [2.75, 3.05) is 24.6 Å². The van der Waals surface area contributed by atoms with Gasteiger partial charge in [-0.15, -0.1) is 0 Å². The largest absolute Gasteiger partial charge is 0.466 e. The van der Waals surface area contributed by atoms with Gasteiger partial charge in [0.25, 0.3) is 0 Å². The minimum absolute atomic E-state index is 0.0270. The van der Waals surface area contributed by atoms with Crippen LogP contribution in [0.3, 0.4) is 0 Å². The third-order valence-corrected chi connectivity index (χ3v) is 4.40. The van der Waals surface area contributed by atoms with Crippen LogP contribution in [-0.2, 0) is 9.53 Å². The highest BCUT2D eigenvalue weighted by atomic mass is 16.5. The first-order valence-electron chi connectivity index (χ1n) is 7.81. The summed E-state index contributed by atoms with van der Waals surface area (Å²) in [5.74, 6) is 0.436. The normalized spacial score (nSPS) is 25.4. The quantitative estimate of drug-likeness (QED) is 0.788. The van der Waals surface area contributed by atoms with E-state index >= 15 is 0 Å². The molecule has 2 unspecified atom stereocenters. The zero-order chi connectivity index (χ0) is 13.9. The number of hydrogen-bond donors (Lipinski definition) is 0. The van der Waals surface area contributed by atoms with E-state index in [1.165, 1.54) is 30.5 Å². The first kappa shape index (κ1) is 13.5. The van der Waals surface area contributed by atoms with Gasteiger partial charge in [0, 0.05) is 18.8 Å². The summed E-state index contributed by atoms with van der Waals surface area (Å²) in [6.45, 7) is 4.67. The van der Waals surface area contributed by atoms with Crippen LogP contribution in [0.15, 0.2) is 24.3 Å². The molecule has 108 valence electrons. The van der Waals surface area contributed by atoms with E-state index in [0.717, 1.165) is 19.5 Å². The molecule has 0 N–H and O–H groups in total. The summed E-state index contributed by atoms with van der Waals surface area (Å²) in [6, 6.07) is 8.74. The van der Waals surface area contributed by atoms with Crippen LogP contribution < -0.4 is 4.90 Å². The molecule has 1 saturated carbocycles. The standard InChI is InChI=1S/C17H23NO2/c1-2-20-17(19)16-12-15(16)13-7-6-8-14(11-13)18-9-4-3-5-10-18/h6-8,11,15-16H,2-5,9-10,12H2,1H3. The molecule has 20 heavy (non-hydrogen) atoms. The van der Waals surface area contributed by atoms with Gasteiger partial charge < -0.3 is 9.64 Å². The molecule has 2 atom stereocenters. The molecule has 1 aliphatic carbocycles. The van der Waals surface area contributed by atoms with E-state index in [9.17, 15) is 4.79 Å². The van der Waals surface area contributed by atoms with Gasteiger partial charge in [0.15, 0.2) is 0 Å². The molecular formula is C17H23NO2. The Hall–Kier alpha value is -1.51. The van der Waals surface area contributed by atoms with Gasteiger partial charge >= 0.3 is 5.97 Å². The molecule has 2 fully saturated rings. The van der Waals surface area contributed by atoms with Crippen LogP contribution in [0, 0.1) is 5.92 Å². The number of anilines is 1. The van der Waals surface area contributed by atoms with Crippen LogP contribution in [0.2, 0.25) is 0 Å². The van der Waals surface area contributed by atoms with Crippen molar-refractivity contribution in [3.8, 4) is 0 Å². The van der Waals surface area contributed by atoms with Crippen LogP contribution in [0.1, 0.15) is 44.1 Å². The average Bonchev–Trinajstić information content (AvgIpc) is 3.29. The first-order chi connectivity index (χ1) is 9.79. The van der Waals surface area contributed by atoms with Crippen LogP contribution in [0.25, 0.3) is 0 Å². The number of hydrogen-bond acceptors (Lipinski definition) is 3. The molecule has 1 aromatic rings. The highest BCUT2D eigenvalue weighted by Crippen LogP contribution is 2.48. The number of piperidine rings is 1. The molecule has 1 aromatic carbocycles. The lowest BCUT2D eigenvalue weighted by Gasteiger charge is -2.29. The minimum Gasteiger partial charge on any atom is -0.466 e. The summed E-state index contributed by atoms with van der Waals surface area (Å²) in [6.07, 6.45) is 4.88. The number of ether oxygens (including phenoxy) is 1. The van der Waals surface area contributed by atoms with Gasteiger partial charge in [0.2, 0.25) is 0 Å². The topological polar surface area (TPSA) is 29.5 Å². The maximum atomic E-state index is 11.7. The summed E-state index contributed by atoms with van der Waals surface area (Å²) in [5.41, 5.74) is 2.61. The Balaban J connectivity index is 1.68. The molecule has 1 aliphatic heterocycles. The smallest absolute Gasteiger partial charge is 0.309 e. The monoisotopic (exact) mass is 273 g/mol. The van der Waals surface area contributed by atoms with E-state index in [-0.39, 0.29) is 11.9 Å². The molecule has 0 radical (unpaired) electrons. The van der Waals surface area contributed by atoms with E-state index in [2.05, 4.69) is 29.2 Å². The highest BCUT2D eigenvalue weighted by Gasteiger charge is 2.45. The first-order valence-corrected chi connectivity index (χ1v) is 7.81. The van der Waals surface area contributed by atoms with Gasteiger partial charge in [-0.05, 0) is 56.2 Å². The van der Waals surface area contributed by atoms with Crippen molar-refractivity contribution in [2.24, 2.45) is 5.92 Å². The van der Waals surface area contributed by atoms with Crippen LogP contribution in [-0.4, -0.2) is 25.7 Å². The Kier molecular flexibility index (Phi) is 3.95. The van der Waals surface area contributed by atoms with Crippen molar-refractivity contribution >= 4 is 11.7 Å². The fourth-order valence-electron chi connectivity index (χ4n) is 3.18. The van der Waals surface area contributed by atoms with E-state index in [4.69, 9.17) is 4.74 Å². The second-order valence-electron chi connectivity index (χ2n) is 5.84. The van der Waals surface area contributed by atoms with Crippen molar-refractivity contribution in [3.05, 3.63) is 29.8 Å². The molecule has 0 amide bonds. The Morgan fingerprint density at radius 1 is 1.30 bits per heavy atom. The Labute approximate surface area is 120 Å². The number of nitrogens with zero attached hydrogens (tertiary/aromatic N) is 1. The highest BCUT2D eigenvalue weighted by molar-refractivity contribution is 5.77. The van der Waals surface area contributed by atoms with Gasteiger partial charge in [-0.25, -0.2) is 0 Å². The lowest BCUT2D eigenvalue weighted by Crippen LogP contribution is -2.29.